The summed E-state index contributed by atoms with van der Waals surface area (Å²) >= 11 is 0. The molecule has 0 heterocycles. The van der Waals surface area contributed by atoms with Crippen LogP contribution in [-0.4, -0.2) is 31.0 Å². The fourth-order valence-corrected chi connectivity index (χ4v) is 2.78. The van der Waals surface area contributed by atoms with Gasteiger partial charge in [-0.3, -0.25) is 9.59 Å². The van der Waals surface area contributed by atoms with Crippen LogP contribution in [0.1, 0.15) is 31.4 Å². The maximum absolute atomic E-state index is 12.0. The van der Waals surface area contributed by atoms with Crippen molar-refractivity contribution in [2.75, 3.05) is 18.5 Å². The Bertz CT molecular complexity index is 805. The van der Waals surface area contributed by atoms with E-state index >= 15 is 0 Å². The van der Waals surface area contributed by atoms with Gasteiger partial charge in [0.2, 0.25) is 5.91 Å². The van der Waals surface area contributed by atoms with Gasteiger partial charge in [0, 0.05) is 12.2 Å². The van der Waals surface area contributed by atoms with Crippen molar-refractivity contribution in [2.45, 2.75) is 39.7 Å². The Morgan fingerprint density at radius 3 is 2.52 bits per heavy atom. The van der Waals surface area contributed by atoms with Crippen LogP contribution in [0.2, 0.25) is 0 Å². The molecule has 6 heteroatoms. The van der Waals surface area contributed by atoms with Crippen LogP contribution in [0.15, 0.2) is 48.5 Å². The molecule has 0 fully saturated rings. The fraction of sp³-hybridized carbons (Fsp3) is 0.391. The van der Waals surface area contributed by atoms with Crippen LogP contribution < -0.4 is 21.1 Å². The van der Waals surface area contributed by atoms with Crippen molar-refractivity contribution in [2.24, 2.45) is 11.7 Å². The lowest BCUT2D eigenvalue weighted by atomic mass is 9.99. The lowest BCUT2D eigenvalue weighted by Crippen LogP contribution is -2.45. The second-order valence-corrected chi connectivity index (χ2v) is 7.30. The summed E-state index contributed by atoms with van der Waals surface area (Å²) in [7, 11) is 0. The van der Waals surface area contributed by atoms with Crippen LogP contribution in [0.4, 0.5) is 5.69 Å². The number of rotatable bonds is 10. The molecule has 0 saturated carbocycles. The van der Waals surface area contributed by atoms with Gasteiger partial charge < -0.3 is 21.1 Å². The molecule has 2 atom stereocenters. The van der Waals surface area contributed by atoms with Gasteiger partial charge in [0.15, 0.2) is 6.61 Å². The first-order valence-electron chi connectivity index (χ1n) is 10.0. The minimum Gasteiger partial charge on any atom is -0.484 e. The molecule has 2 unspecified atom stereocenters. The number of nitrogens with two attached hydrogens (primary N) is 1. The summed E-state index contributed by atoms with van der Waals surface area (Å²) in [4.78, 5) is 24.0. The molecular weight excluding hydrogens is 366 g/mol. The summed E-state index contributed by atoms with van der Waals surface area (Å²) < 4.78 is 5.54. The van der Waals surface area contributed by atoms with Crippen molar-refractivity contribution in [3.63, 3.8) is 0 Å². The first-order chi connectivity index (χ1) is 13.9. The quantitative estimate of drug-likeness (QED) is 0.574. The molecule has 0 radical (unpaired) electrons. The van der Waals surface area contributed by atoms with Gasteiger partial charge in [-0.1, -0.05) is 44.5 Å². The van der Waals surface area contributed by atoms with E-state index < -0.39 is 6.04 Å². The highest BCUT2D eigenvalue weighted by Crippen LogP contribution is 2.13. The van der Waals surface area contributed by atoms with Gasteiger partial charge >= 0.3 is 0 Å². The van der Waals surface area contributed by atoms with Crippen molar-refractivity contribution in [3.8, 4) is 5.75 Å². The van der Waals surface area contributed by atoms with Crippen LogP contribution in [0.25, 0.3) is 0 Å². The van der Waals surface area contributed by atoms with E-state index in [1.165, 1.54) is 0 Å². The smallest absolute Gasteiger partial charge is 0.262 e. The molecule has 0 bridgehead atoms. The number of amides is 2. The molecule has 29 heavy (non-hydrogen) atoms. The molecule has 0 saturated heterocycles. The van der Waals surface area contributed by atoms with Crippen LogP contribution in [0.3, 0.4) is 0 Å². The third-order valence-corrected chi connectivity index (χ3v) is 4.87. The molecule has 156 valence electrons. The number of aryl methyl sites for hydroxylation is 1. The zero-order chi connectivity index (χ0) is 21.2. The predicted molar refractivity (Wildman–Crippen MR) is 116 cm³/mol. The van der Waals surface area contributed by atoms with E-state index in [1.54, 1.807) is 0 Å². The highest BCUT2D eigenvalue weighted by Gasteiger charge is 2.18. The third kappa shape index (κ3) is 7.58. The summed E-state index contributed by atoms with van der Waals surface area (Å²) in [5.74, 6) is 0.462. The first-order valence-corrected chi connectivity index (χ1v) is 10.0. The second kappa shape index (κ2) is 11.2. The molecule has 2 amide bonds. The lowest BCUT2D eigenvalue weighted by Gasteiger charge is -2.17. The van der Waals surface area contributed by atoms with E-state index in [1.807, 2.05) is 69.3 Å². The largest absolute Gasteiger partial charge is 0.484 e. The summed E-state index contributed by atoms with van der Waals surface area (Å²) in [5, 5.41) is 5.69. The number of anilines is 1. The fourth-order valence-electron chi connectivity index (χ4n) is 2.78. The number of carbonyl (C=O) groups is 2. The highest BCUT2D eigenvalue weighted by molar-refractivity contribution is 5.91. The van der Waals surface area contributed by atoms with E-state index in [4.69, 9.17) is 10.5 Å². The van der Waals surface area contributed by atoms with Crippen molar-refractivity contribution in [3.05, 3.63) is 59.7 Å². The van der Waals surface area contributed by atoms with Crippen molar-refractivity contribution in [1.82, 2.24) is 5.32 Å². The predicted octanol–water partition coefficient (Wildman–Crippen LogP) is 3.04. The highest BCUT2D eigenvalue weighted by atomic mass is 16.5. The number of benzene rings is 2. The number of hydrogen-bond acceptors (Lipinski definition) is 4. The van der Waals surface area contributed by atoms with Gasteiger partial charge in [0.05, 0.1) is 6.04 Å². The Labute approximate surface area is 172 Å². The zero-order valence-corrected chi connectivity index (χ0v) is 17.4. The average molecular weight is 398 g/mol. The van der Waals surface area contributed by atoms with Gasteiger partial charge in [0.1, 0.15) is 5.75 Å². The van der Waals surface area contributed by atoms with Crippen LogP contribution in [0, 0.1) is 12.8 Å². The molecule has 2 aromatic carbocycles. The maximum atomic E-state index is 12.0. The summed E-state index contributed by atoms with van der Waals surface area (Å²) in [6.07, 6.45) is 1.58. The average Bonchev–Trinajstić information content (AvgIpc) is 2.72. The summed E-state index contributed by atoms with van der Waals surface area (Å²) in [5.41, 5.74) is 8.83. The molecule has 0 spiro atoms. The van der Waals surface area contributed by atoms with Crippen LogP contribution >= 0.6 is 0 Å². The lowest BCUT2D eigenvalue weighted by molar-refractivity contribution is -0.123. The molecule has 0 aliphatic heterocycles. The number of carbonyl (C=O) groups excluding carboxylic acids is 2. The Kier molecular flexibility index (Phi) is 8.68. The van der Waals surface area contributed by atoms with Crippen molar-refractivity contribution in [1.29, 1.82) is 0 Å². The normalized spacial score (nSPS) is 12.7. The van der Waals surface area contributed by atoms with Gasteiger partial charge in [-0.25, -0.2) is 0 Å². The van der Waals surface area contributed by atoms with E-state index in [0.29, 0.717) is 18.7 Å². The zero-order valence-electron chi connectivity index (χ0n) is 17.4. The van der Waals surface area contributed by atoms with Gasteiger partial charge in [0.25, 0.3) is 5.91 Å². The molecule has 0 aromatic heterocycles. The van der Waals surface area contributed by atoms with Gasteiger partial charge in [-0.05, 0) is 54.7 Å². The standard InChI is InChI=1S/C23H31N3O3/c1-4-17(3)22(24)23(28)25-13-12-18-8-10-20(11-9-18)29-15-21(27)26-19-7-5-6-16(2)14-19/h5-11,14,17,22H,4,12-13,15,24H2,1-3H3,(H,25,28)(H,26,27). The summed E-state index contributed by atoms with van der Waals surface area (Å²) in [6.45, 7) is 6.44. The molecule has 0 aliphatic rings. The monoisotopic (exact) mass is 397 g/mol. The van der Waals surface area contributed by atoms with Crippen LogP contribution in [0.5, 0.6) is 5.75 Å². The topological polar surface area (TPSA) is 93.5 Å². The molecule has 6 nitrogen and oxygen atoms in total. The van der Waals surface area contributed by atoms with Gasteiger partial charge in [-0.2, -0.15) is 0 Å². The van der Waals surface area contributed by atoms with Crippen LogP contribution in [-0.2, 0) is 16.0 Å². The molecule has 2 aromatic rings. The van der Waals surface area contributed by atoms with Gasteiger partial charge in [-0.15, -0.1) is 0 Å². The van der Waals surface area contributed by atoms with Crippen molar-refractivity contribution >= 4 is 17.5 Å². The Hall–Kier alpha value is -2.86. The van der Waals surface area contributed by atoms with E-state index in [2.05, 4.69) is 10.6 Å². The third-order valence-electron chi connectivity index (χ3n) is 4.87. The Morgan fingerprint density at radius 2 is 1.86 bits per heavy atom. The SMILES string of the molecule is CCC(C)C(N)C(=O)NCCc1ccc(OCC(=O)Nc2cccc(C)c2)cc1. The Balaban J connectivity index is 1.73. The molecule has 0 aliphatic carbocycles. The second-order valence-electron chi connectivity index (χ2n) is 7.30. The first kappa shape index (κ1) is 22.4. The minimum absolute atomic E-state index is 0.0587. The number of ether oxygens (including phenoxy) is 1. The molecule has 4 N–H and O–H groups in total. The maximum Gasteiger partial charge on any atom is 0.262 e. The molecule has 2 rings (SSSR count). The summed E-state index contributed by atoms with van der Waals surface area (Å²) in [6, 6.07) is 14.6. The Morgan fingerprint density at radius 1 is 1.14 bits per heavy atom. The molecular formula is C23H31N3O3. The van der Waals surface area contributed by atoms with E-state index in [0.717, 1.165) is 23.2 Å². The number of hydrogen-bond donors (Lipinski definition) is 3. The number of nitrogens with one attached hydrogen (secondary N) is 2. The van der Waals surface area contributed by atoms with Crippen molar-refractivity contribution < 1.29 is 14.3 Å². The van der Waals surface area contributed by atoms with E-state index in [9.17, 15) is 9.59 Å². The van der Waals surface area contributed by atoms with E-state index in [-0.39, 0.29) is 24.3 Å². The minimum atomic E-state index is -0.471.